The van der Waals surface area contributed by atoms with Gasteiger partial charge in [-0.05, 0) is 36.6 Å². The van der Waals surface area contributed by atoms with Crippen molar-refractivity contribution in [1.29, 1.82) is 0 Å². The smallest absolute Gasteiger partial charge is 0.132 e. The molecule has 0 aliphatic rings. The fourth-order valence-corrected chi connectivity index (χ4v) is 1.64. The van der Waals surface area contributed by atoms with Crippen LogP contribution in [0.4, 0.5) is 0 Å². The molecule has 0 fully saturated rings. The van der Waals surface area contributed by atoms with Gasteiger partial charge in [0, 0.05) is 0 Å². The van der Waals surface area contributed by atoms with Gasteiger partial charge in [0.1, 0.15) is 17.6 Å². The van der Waals surface area contributed by atoms with Crippen molar-refractivity contribution in [3.63, 3.8) is 0 Å². The predicted octanol–water partition coefficient (Wildman–Crippen LogP) is 2.65. The van der Waals surface area contributed by atoms with Crippen molar-refractivity contribution < 1.29 is 14.6 Å². The van der Waals surface area contributed by atoms with Crippen molar-refractivity contribution in [3.8, 4) is 5.75 Å². The van der Waals surface area contributed by atoms with Gasteiger partial charge >= 0.3 is 0 Å². The van der Waals surface area contributed by atoms with E-state index in [9.17, 15) is 10.2 Å². The van der Waals surface area contributed by atoms with Crippen molar-refractivity contribution >= 4 is 0 Å². The molecule has 1 aromatic heterocycles. The van der Waals surface area contributed by atoms with Crippen molar-refractivity contribution in [2.75, 3.05) is 0 Å². The monoisotopic (exact) mass is 218 g/mol. The highest BCUT2D eigenvalue weighted by Gasteiger charge is 2.11. The lowest BCUT2D eigenvalue weighted by Crippen LogP contribution is -1.98. The first kappa shape index (κ1) is 10.8. The largest absolute Gasteiger partial charge is 0.508 e. The number of aromatic hydroxyl groups is 1. The molecular weight excluding hydrogens is 204 g/mol. The second-order valence-corrected chi connectivity index (χ2v) is 3.70. The summed E-state index contributed by atoms with van der Waals surface area (Å²) >= 11 is 0. The fourth-order valence-electron chi connectivity index (χ4n) is 1.64. The number of aliphatic hydroxyl groups excluding tert-OH is 1. The highest BCUT2D eigenvalue weighted by atomic mass is 16.4. The predicted molar refractivity (Wildman–Crippen MR) is 60.1 cm³/mol. The molecule has 3 nitrogen and oxygen atoms in total. The van der Waals surface area contributed by atoms with E-state index in [0.29, 0.717) is 18.6 Å². The van der Waals surface area contributed by atoms with Crippen LogP contribution in [-0.4, -0.2) is 10.2 Å². The number of phenolic OH excluding ortho intramolecular Hbond substituents is 1. The normalized spacial score (nSPS) is 12.6. The van der Waals surface area contributed by atoms with Crippen molar-refractivity contribution in [3.05, 3.63) is 54.0 Å². The van der Waals surface area contributed by atoms with Gasteiger partial charge in [0.25, 0.3) is 0 Å². The van der Waals surface area contributed by atoms with Crippen LogP contribution in [0.5, 0.6) is 5.75 Å². The molecule has 0 radical (unpaired) electrons. The van der Waals surface area contributed by atoms with Crippen LogP contribution in [0.25, 0.3) is 0 Å². The van der Waals surface area contributed by atoms with Crippen LogP contribution >= 0.6 is 0 Å². The van der Waals surface area contributed by atoms with Gasteiger partial charge in [0.15, 0.2) is 0 Å². The minimum Gasteiger partial charge on any atom is -0.508 e. The number of aryl methyl sites for hydroxylation is 1. The van der Waals surface area contributed by atoms with Gasteiger partial charge in [-0.2, -0.15) is 0 Å². The molecule has 0 bridgehead atoms. The molecule has 1 unspecified atom stereocenters. The Kier molecular flexibility index (Phi) is 3.27. The molecule has 0 amide bonds. The van der Waals surface area contributed by atoms with Gasteiger partial charge in [0.05, 0.1) is 6.26 Å². The summed E-state index contributed by atoms with van der Waals surface area (Å²) in [6, 6.07) is 10.6. The number of aliphatic hydroxyl groups is 1. The summed E-state index contributed by atoms with van der Waals surface area (Å²) in [5.41, 5.74) is 0.841. The number of hydrogen-bond acceptors (Lipinski definition) is 3. The Bertz CT molecular complexity index is 434. The maximum Gasteiger partial charge on any atom is 0.132 e. The third-order valence-corrected chi connectivity index (χ3v) is 2.55. The van der Waals surface area contributed by atoms with E-state index in [1.165, 1.54) is 0 Å². The average Bonchev–Trinajstić information content (AvgIpc) is 2.81. The standard InChI is InChI=1S/C13H14O3/c14-11-5-2-1-4-10(11)7-8-12(15)13-6-3-9-16-13/h1-6,9,12,14-15H,7-8H2. The Morgan fingerprint density at radius 3 is 2.62 bits per heavy atom. The van der Waals surface area contributed by atoms with Crippen LogP contribution < -0.4 is 0 Å². The lowest BCUT2D eigenvalue weighted by Gasteiger charge is -2.08. The fraction of sp³-hybridized carbons (Fsp3) is 0.231. The summed E-state index contributed by atoms with van der Waals surface area (Å²) in [5.74, 6) is 0.838. The number of hydrogen-bond donors (Lipinski definition) is 2. The Morgan fingerprint density at radius 1 is 1.12 bits per heavy atom. The van der Waals surface area contributed by atoms with Crippen LogP contribution in [0.3, 0.4) is 0 Å². The molecule has 0 aliphatic heterocycles. The Hall–Kier alpha value is -1.74. The molecule has 1 atom stereocenters. The maximum atomic E-state index is 9.79. The minimum absolute atomic E-state index is 0.272. The first-order valence-corrected chi connectivity index (χ1v) is 5.25. The molecule has 0 saturated heterocycles. The molecule has 2 rings (SSSR count). The maximum absolute atomic E-state index is 9.79. The van der Waals surface area contributed by atoms with Gasteiger partial charge in [-0.25, -0.2) is 0 Å². The van der Waals surface area contributed by atoms with Gasteiger partial charge in [-0.1, -0.05) is 18.2 Å². The zero-order valence-corrected chi connectivity index (χ0v) is 8.84. The molecule has 0 saturated carbocycles. The van der Waals surface area contributed by atoms with Crippen molar-refractivity contribution in [1.82, 2.24) is 0 Å². The number of benzene rings is 1. The highest BCUT2D eigenvalue weighted by Crippen LogP contribution is 2.23. The second kappa shape index (κ2) is 4.86. The molecular formula is C13H14O3. The quantitative estimate of drug-likeness (QED) is 0.829. The van der Waals surface area contributed by atoms with Crippen LogP contribution in [0.2, 0.25) is 0 Å². The third kappa shape index (κ3) is 2.44. The van der Waals surface area contributed by atoms with Gasteiger partial charge in [-0.15, -0.1) is 0 Å². The van der Waals surface area contributed by atoms with E-state index in [0.717, 1.165) is 5.56 Å². The van der Waals surface area contributed by atoms with E-state index in [-0.39, 0.29) is 5.75 Å². The summed E-state index contributed by atoms with van der Waals surface area (Å²) in [5, 5.41) is 19.3. The first-order valence-electron chi connectivity index (χ1n) is 5.25. The number of furan rings is 1. The Balaban J connectivity index is 1.95. The Morgan fingerprint density at radius 2 is 1.94 bits per heavy atom. The summed E-state index contributed by atoms with van der Waals surface area (Å²) in [6.45, 7) is 0. The topological polar surface area (TPSA) is 53.6 Å². The third-order valence-electron chi connectivity index (χ3n) is 2.55. The molecule has 2 aromatic rings. The lowest BCUT2D eigenvalue weighted by molar-refractivity contribution is 0.140. The summed E-state index contributed by atoms with van der Waals surface area (Å²) in [7, 11) is 0. The zero-order valence-electron chi connectivity index (χ0n) is 8.84. The SMILES string of the molecule is Oc1ccccc1CCC(O)c1ccco1. The van der Waals surface area contributed by atoms with Crippen LogP contribution in [0.1, 0.15) is 23.8 Å². The van der Waals surface area contributed by atoms with E-state index >= 15 is 0 Å². The molecule has 2 N–H and O–H groups in total. The summed E-state index contributed by atoms with van der Waals surface area (Å²) < 4.78 is 5.10. The molecule has 1 heterocycles. The first-order chi connectivity index (χ1) is 7.77. The number of rotatable bonds is 4. The van der Waals surface area contributed by atoms with Gasteiger partial charge < -0.3 is 14.6 Å². The van der Waals surface area contributed by atoms with Gasteiger partial charge in [0.2, 0.25) is 0 Å². The molecule has 3 heteroatoms. The highest BCUT2D eigenvalue weighted by molar-refractivity contribution is 5.31. The molecule has 0 spiro atoms. The van der Waals surface area contributed by atoms with Crippen LogP contribution in [-0.2, 0) is 6.42 Å². The van der Waals surface area contributed by atoms with E-state index in [1.807, 2.05) is 12.1 Å². The molecule has 1 aromatic carbocycles. The number of phenols is 1. The van der Waals surface area contributed by atoms with Crippen molar-refractivity contribution in [2.24, 2.45) is 0 Å². The summed E-state index contributed by atoms with van der Waals surface area (Å²) in [4.78, 5) is 0. The average molecular weight is 218 g/mol. The lowest BCUT2D eigenvalue weighted by atomic mass is 10.0. The molecule has 84 valence electrons. The van der Waals surface area contributed by atoms with E-state index in [4.69, 9.17) is 4.42 Å². The van der Waals surface area contributed by atoms with E-state index in [2.05, 4.69) is 0 Å². The van der Waals surface area contributed by atoms with Crippen molar-refractivity contribution in [2.45, 2.75) is 18.9 Å². The second-order valence-electron chi connectivity index (χ2n) is 3.70. The summed E-state index contributed by atoms with van der Waals surface area (Å²) in [6.07, 6.45) is 2.08. The van der Waals surface area contributed by atoms with E-state index in [1.54, 1.807) is 30.5 Å². The molecule has 16 heavy (non-hydrogen) atoms. The minimum atomic E-state index is -0.616. The van der Waals surface area contributed by atoms with Crippen LogP contribution in [0.15, 0.2) is 47.1 Å². The molecule has 0 aliphatic carbocycles. The number of para-hydroxylation sites is 1. The van der Waals surface area contributed by atoms with E-state index < -0.39 is 6.10 Å². The van der Waals surface area contributed by atoms with Gasteiger partial charge in [-0.3, -0.25) is 0 Å². The zero-order chi connectivity index (χ0) is 11.4. The van der Waals surface area contributed by atoms with Crippen LogP contribution in [0, 0.1) is 0 Å². The Labute approximate surface area is 94.0 Å².